The Hall–Kier alpha value is -3.24. The Labute approximate surface area is 141 Å². The number of hydrazine groups is 1. The number of hydrogen-bond donors (Lipinski definition) is 2. The zero-order chi connectivity index (χ0) is 16.9. The van der Waals surface area contributed by atoms with Crippen molar-refractivity contribution in [3.63, 3.8) is 0 Å². The number of aromatic nitrogens is 1. The van der Waals surface area contributed by atoms with Crippen LogP contribution in [0.4, 0.5) is 9.52 Å². The van der Waals surface area contributed by atoms with Gasteiger partial charge in [0.15, 0.2) is 0 Å². The summed E-state index contributed by atoms with van der Waals surface area (Å²) in [7, 11) is 0. The highest BCUT2D eigenvalue weighted by Crippen LogP contribution is 2.24. The second-order valence-corrected chi connectivity index (χ2v) is 5.67. The highest BCUT2D eigenvalue weighted by atomic mass is 32.1. The van der Waals surface area contributed by atoms with Gasteiger partial charge >= 0.3 is 0 Å². The minimum Gasteiger partial charge on any atom is -0.273 e. The molecule has 5 nitrogen and oxygen atoms in total. The molecule has 3 rings (SSSR count). The van der Waals surface area contributed by atoms with Crippen molar-refractivity contribution in [1.29, 1.82) is 5.26 Å². The molecule has 0 aliphatic rings. The van der Waals surface area contributed by atoms with E-state index in [2.05, 4.69) is 21.9 Å². The van der Waals surface area contributed by atoms with Crippen LogP contribution < -0.4 is 10.9 Å². The van der Waals surface area contributed by atoms with E-state index in [1.807, 2.05) is 17.5 Å². The fraction of sp³-hybridized carbons (Fsp3) is 0. The van der Waals surface area contributed by atoms with E-state index in [0.717, 1.165) is 17.3 Å². The van der Waals surface area contributed by atoms with Crippen LogP contribution in [0.2, 0.25) is 0 Å². The summed E-state index contributed by atoms with van der Waals surface area (Å²) in [5.74, 6) is -0.926. The van der Waals surface area contributed by atoms with Gasteiger partial charge in [0.05, 0.1) is 17.3 Å². The number of halogens is 1. The van der Waals surface area contributed by atoms with Crippen molar-refractivity contribution >= 4 is 22.4 Å². The van der Waals surface area contributed by atoms with Gasteiger partial charge in [-0.15, -0.1) is 11.3 Å². The van der Waals surface area contributed by atoms with Crippen LogP contribution in [-0.2, 0) is 0 Å². The molecular weight excluding hydrogens is 327 g/mol. The second-order valence-electron chi connectivity index (χ2n) is 4.82. The molecule has 0 aliphatic carbocycles. The molecule has 0 saturated carbocycles. The minimum absolute atomic E-state index is 0.214. The average Bonchev–Trinajstić information content (AvgIpc) is 3.09. The minimum atomic E-state index is -0.472. The topological polar surface area (TPSA) is 77.8 Å². The van der Waals surface area contributed by atoms with Crippen molar-refractivity contribution < 1.29 is 9.18 Å². The van der Waals surface area contributed by atoms with E-state index in [4.69, 9.17) is 5.26 Å². The first-order chi connectivity index (χ1) is 11.7. The third kappa shape index (κ3) is 3.56. The van der Waals surface area contributed by atoms with Gasteiger partial charge in [-0.2, -0.15) is 5.26 Å². The molecule has 1 aromatic heterocycles. The lowest BCUT2D eigenvalue weighted by atomic mass is 10.1. The van der Waals surface area contributed by atoms with Crippen LogP contribution in [0.15, 0.2) is 53.9 Å². The molecule has 2 N–H and O–H groups in total. The summed E-state index contributed by atoms with van der Waals surface area (Å²) in [5, 5.41) is 11.1. The Morgan fingerprint density at radius 3 is 2.71 bits per heavy atom. The summed E-state index contributed by atoms with van der Waals surface area (Å²) >= 11 is 1.32. The van der Waals surface area contributed by atoms with Crippen LogP contribution in [0.25, 0.3) is 11.3 Å². The summed E-state index contributed by atoms with van der Waals surface area (Å²) in [6, 6.07) is 14.5. The van der Waals surface area contributed by atoms with E-state index < -0.39 is 11.7 Å². The first-order valence-corrected chi connectivity index (χ1v) is 7.81. The third-order valence-electron chi connectivity index (χ3n) is 3.18. The molecule has 0 saturated heterocycles. The van der Waals surface area contributed by atoms with Crippen molar-refractivity contribution in [1.82, 2.24) is 10.4 Å². The van der Waals surface area contributed by atoms with Crippen molar-refractivity contribution in [2.45, 2.75) is 0 Å². The summed E-state index contributed by atoms with van der Waals surface area (Å²) in [4.78, 5) is 16.3. The molecule has 0 atom stereocenters. The quantitative estimate of drug-likeness (QED) is 0.713. The Morgan fingerprint density at radius 1 is 1.21 bits per heavy atom. The molecule has 118 valence electrons. The summed E-state index contributed by atoms with van der Waals surface area (Å²) in [6.07, 6.45) is 0. The maximum Gasteiger partial charge on any atom is 0.269 e. The van der Waals surface area contributed by atoms with Crippen molar-refractivity contribution in [3.05, 3.63) is 70.9 Å². The Kier molecular flexibility index (Phi) is 4.50. The Balaban J connectivity index is 1.65. The Morgan fingerprint density at radius 2 is 2.00 bits per heavy atom. The summed E-state index contributed by atoms with van der Waals surface area (Å²) in [5.41, 5.74) is 7.57. The largest absolute Gasteiger partial charge is 0.273 e. The van der Waals surface area contributed by atoms with Crippen LogP contribution in [-0.4, -0.2) is 10.9 Å². The SMILES string of the molecule is N#Cc1ccc(-c2csc(NNC(=O)c3cccc(F)c3)n2)cc1. The van der Waals surface area contributed by atoms with E-state index >= 15 is 0 Å². The van der Waals surface area contributed by atoms with Crippen LogP contribution in [0.5, 0.6) is 0 Å². The number of nitrogens with one attached hydrogen (secondary N) is 2. The van der Waals surface area contributed by atoms with Gasteiger partial charge in [0.1, 0.15) is 5.82 Å². The second kappa shape index (κ2) is 6.89. The van der Waals surface area contributed by atoms with Gasteiger partial charge in [-0.25, -0.2) is 9.37 Å². The molecule has 1 heterocycles. The lowest BCUT2D eigenvalue weighted by molar-refractivity contribution is 0.0962. The van der Waals surface area contributed by atoms with E-state index in [0.29, 0.717) is 10.7 Å². The van der Waals surface area contributed by atoms with Crippen molar-refractivity contribution in [2.24, 2.45) is 0 Å². The molecule has 24 heavy (non-hydrogen) atoms. The normalized spacial score (nSPS) is 10.0. The molecule has 1 amide bonds. The average molecular weight is 338 g/mol. The number of hydrogen-bond acceptors (Lipinski definition) is 5. The molecule has 0 bridgehead atoms. The zero-order valence-electron chi connectivity index (χ0n) is 12.3. The predicted molar refractivity (Wildman–Crippen MR) is 89.8 cm³/mol. The molecule has 0 radical (unpaired) electrons. The van der Waals surface area contributed by atoms with Crippen LogP contribution >= 0.6 is 11.3 Å². The number of carbonyl (C=O) groups excluding carboxylic acids is 1. The fourth-order valence-corrected chi connectivity index (χ4v) is 2.66. The Bertz CT molecular complexity index is 915. The number of anilines is 1. The van der Waals surface area contributed by atoms with E-state index in [1.54, 1.807) is 12.1 Å². The molecule has 3 aromatic rings. The fourth-order valence-electron chi connectivity index (χ4n) is 1.99. The van der Waals surface area contributed by atoms with Gasteiger partial charge in [-0.05, 0) is 30.3 Å². The number of amides is 1. The maximum absolute atomic E-state index is 13.1. The van der Waals surface area contributed by atoms with Gasteiger partial charge in [-0.3, -0.25) is 15.6 Å². The van der Waals surface area contributed by atoms with Crippen molar-refractivity contribution in [3.8, 4) is 17.3 Å². The van der Waals surface area contributed by atoms with Gasteiger partial charge in [-0.1, -0.05) is 18.2 Å². The highest BCUT2D eigenvalue weighted by molar-refractivity contribution is 7.14. The molecule has 7 heteroatoms. The highest BCUT2D eigenvalue weighted by Gasteiger charge is 2.08. The van der Waals surface area contributed by atoms with E-state index in [1.165, 1.54) is 29.5 Å². The zero-order valence-corrected chi connectivity index (χ0v) is 13.1. The number of thiazole rings is 1. The van der Waals surface area contributed by atoms with Crippen molar-refractivity contribution in [2.75, 3.05) is 5.43 Å². The first-order valence-electron chi connectivity index (χ1n) is 6.94. The lowest BCUT2D eigenvalue weighted by Crippen LogP contribution is -2.29. The number of carbonyl (C=O) groups is 1. The number of nitrogens with zero attached hydrogens (tertiary/aromatic N) is 2. The van der Waals surface area contributed by atoms with Gasteiger partial charge in [0, 0.05) is 16.5 Å². The molecule has 2 aromatic carbocycles. The van der Waals surface area contributed by atoms with Gasteiger partial charge in [0.25, 0.3) is 5.91 Å². The first kappa shape index (κ1) is 15.6. The van der Waals surface area contributed by atoms with Gasteiger partial charge < -0.3 is 0 Å². The van der Waals surface area contributed by atoms with Crippen LogP contribution in [0.3, 0.4) is 0 Å². The summed E-state index contributed by atoms with van der Waals surface area (Å²) < 4.78 is 13.1. The van der Waals surface area contributed by atoms with Gasteiger partial charge in [0.2, 0.25) is 5.13 Å². The number of nitriles is 1. The lowest BCUT2D eigenvalue weighted by Gasteiger charge is -2.05. The molecular formula is C17H11FN4OS. The third-order valence-corrected chi connectivity index (χ3v) is 3.94. The standard InChI is InChI=1S/C17H11FN4OS/c18-14-3-1-2-13(8-14)16(23)21-22-17-20-15(10-24-17)12-6-4-11(9-19)5-7-12/h1-8,10H,(H,20,22)(H,21,23). The summed E-state index contributed by atoms with van der Waals surface area (Å²) in [6.45, 7) is 0. The van der Waals surface area contributed by atoms with E-state index in [-0.39, 0.29) is 5.56 Å². The van der Waals surface area contributed by atoms with Crippen LogP contribution in [0, 0.1) is 17.1 Å². The van der Waals surface area contributed by atoms with Crippen LogP contribution in [0.1, 0.15) is 15.9 Å². The maximum atomic E-state index is 13.1. The van der Waals surface area contributed by atoms with E-state index in [9.17, 15) is 9.18 Å². The molecule has 0 fully saturated rings. The monoisotopic (exact) mass is 338 g/mol. The molecule has 0 unspecified atom stereocenters. The predicted octanol–water partition coefficient (Wildman–Crippen LogP) is 3.58. The number of benzene rings is 2. The smallest absolute Gasteiger partial charge is 0.269 e. The molecule has 0 spiro atoms. The number of rotatable bonds is 4. The molecule has 0 aliphatic heterocycles.